The Morgan fingerprint density at radius 2 is 2.11 bits per heavy atom. The molecular weight excluding hydrogens is 250 g/mol. The predicted octanol–water partition coefficient (Wildman–Crippen LogP) is 0.601. The Hall–Kier alpha value is -1.73. The van der Waals surface area contributed by atoms with Crippen molar-refractivity contribution in [3.8, 4) is 0 Å². The predicted molar refractivity (Wildman–Crippen MR) is 68.4 cm³/mol. The Kier molecular flexibility index (Phi) is 4.06. The Balaban J connectivity index is 2.08. The molecular formula is C11H13N5OS. The summed E-state index contributed by atoms with van der Waals surface area (Å²) in [5.74, 6) is 0. The van der Waals surface area contributed by atoms with Crippen molar-refractivity contribution in [1.82, 2.24) is 19.9 Å². The Bertz CT molecular complexity index is 566. The lowest BCUT2D eigenvalue weighted by atomic mass is 10.1. The summed E-state index contributed by atoms with van der Waals surface area (Å²) in [5, 5.41) is 1.01. The Morgan fingerprint density at radius 3 is 2.72 bits per heavy atom. The normalized spacial score (nSPS) is 12.3. The molecule has 0 saturated carbocycles. The molecule has 2 aromatic rings. The standard InChI is InChI=1S/C11H13N5OS/c1-7(12)4-8-5-14-10(15-6-8)18-11-13-3-2-9(17)16-11/h2-3,5-7H,4,12H2,1H3,(H,13,16,17). The molecule has 0 saturated heterocycles. The van der Waals surface area contributed by atoms with E-state index in [0.29, 0.717) is 10.3 Å². The molecule has 2 aromatic heterocycles. The van der Waals surface area contributed by atoms with Crippen LogP contribution in [0.4, 0.5) is 0 Å². The van der Waals surface area contributed by atoms with Gasteiger partial charge in [-0.15, -0.1) is 0 Å². The number of hydrogen-bond acceptors (Lipinski definition) is 6. The molecule has 1 atom stereocenters. The molecule has 0 fully saturated rings. The topological polar surface area (TPSA) is 97.5 Å². The van der Waals surface area contributed by atoms with Gasteiger partial charge in [0.05, 0.1) is 0 Å². The summed E-state index contributed by atoms with van der Waals surface area (Å²) in [6.45, 7) is 1.93. The minimum absolute atomic E-state index is 0.0826. The van der Waals surface area contributed by atoms with Crippen molar-refractivity contribution in [2.24, 2.45) is 5.73 Å². The van der Waals surface area contributed by atoms with E-state index in [1.807, 2.05) is 6.92 Å². The van der Waals surface area contributed by atoms with E-state index in [1.54, 1.807) is 12.4 Å². The number of nitrogens with zero attached hydrogens (tertiary/aromatic N) is 3. The molecule has 7 heteroatoms. The van der Waals surface area contributed by atoms with E-state index >= 15 is 0 Å². The van der Waals surface area contributed by atoms with Crippen LogP contribution in [0, 0.1) is 0 Å². The summed E-state index contributed by atoms with van der Waals surface area (Å²) < 4.78 is 0. The average Bonchev–Trinajstić information content (AvgIpc) is 2.31. The maximum Gasteiger partial charge on any atom is 0.251 e. The van der Waals surface area contributed by atoms with Crippen LogP contribution in [0.5, 0.6) is 0 Å². The number of hydrogen-bond donors (Lipinski definition) is 2. The van der Waals surface area contributed by atoms with Crippen LogP contribution in [0.25, 0.3) is 0 Å². The van der Waals surface area contributed by atoms with Gasteiger partial charge in [-0.3, -0.25) is 4.79 Å². The van der Waals surface area contributed by atoms with Crippen molar-refractivity contribution in [3.05, 3.63) is 40.6 Å². The molecule has 0 radical (unpaired) electrons. The smallest absolute Gasteiger partial charge is 0.251 e. The second kappa shape index (κ2) is 5.74. The fraction of sp³-hybridized carbons (Fsp3) is 0.273. The van der Waals surface area contributed by atoms with Crippen LogP contribution in [-0.2, 0) is 6.42 Å². The first-order valence-corrected chi connectivity index (χ1v) is 6.25. The zero-order valence-electron chi connectivity index (χ0n) is 9.83. The Labute approximate surface area is 108 Å². The maximum atomic E-state index is 11.1. The molecule has 1 unspecified atom stereocenters. The highest BCUT2D eigenvalue weighted by molar-refractivity contribution is 7.99. The van der Waals surface area contributed by atoms with E-state index in [1.165, 1.54) is 24.0 Å². The van der Waals surface area contributed by atoms with Gasteiger partial charge in [-0.05, 0) is 30.7 Å². The van der Waals surface area contributed by atoms with E-state index in [0.717, 1.165) is 12.0 Å². The summed E-state index contributed by atoms with van der Waals surface area (Å²) >= 11 is 1.21. The van der Waals surface area contributed by atoms with Crippen molar-refractivity contribution in [3.63, 3.8) is 0 Å². The number of rotatable bonds is 4. The average molecular weight is 263 g/mol. The molecule has 0 spiro atoms. The molecule has 94 valence electrons. The van der Waals surface area contributed by atoms with Gasteiger partial charge in [0.15, 0.2) is 10.3 Å². The quantitative estimate of drug-likeness (QED) is 0.784. The first-order chi connectivity index (χ1) is 8.63. The van der Waals surface area contributed by atoms with Crippen molar-refractivity contribution < 1.29 is 0 Å². The Morgan fingerprint density at radius 1 is 1.39 bits per heavy atom. The van der Waals surface area contributed by atoms with Gasteiger partial charge < -0.3 is 10.7 Å². The van der Waals surface area contributed by atoms with Crippen molar-refractivity contribution in [2.75, 3.05) is 0 Å². The molecule has 18 heavy (non-hydrogen) atoms. The molecule has 0 aliphatic rings. The fourth-order valence-corrected chi connectivity index (χ4v) is 2.01. The van der Waals surface area contributed by atoms with Crippen LogP contribution in [0.2, 0.25) is 0 Å². The molecule has 0 aliphatic carbocycles. The molecule has 0 amide bonds. The highest BCUT2D eigenvalue weighted by Crippen LogP contribution is 2.18. The summed E-state index contributed by atoms with van der Waals surface area (Å²) in [6.07, 6.45) is 5.66. The van der Waals surface area contributed by atoms with Gasteiger partial charge in [0.1, 0.15) is 0 Å². The van der Waals surface area contributed by atoms with Crippen LogP contribution >= 0.6 is 11.8 Å². The number of H-pyrrole nitrogens is 1. The van der Waals surface area contributed by atoms with E-state index < -0.39 is 0 Å². The number of nitrogens with one attached hydrogen (secondary N) is 1. The van der Waals surface area contributed by atoms with Crippen LogP contribution in [-0.4, -0.2) is 26.0 Å². The van der Waals surface area contributed by atoms with Gasteiger partial charge in [-0.25, -0.2) is 15.0 Å². The highest BCUT2D eigenvalue weighted by Gasteiger charge is 2.04. The number of aromatic amines is 1. The number of aromatic nitrogens is 4. The molecule has 6 nitrogen and oxygen atoms in total. The van der Waals surface area contributed by atoms with Crippen molar-refractivity contribution in [2.45, 2.75) is 29.7 Å². The molecule has 0 bridgehead atoms. The van der Waals surface area contributed by atoms with Crippen LogP contribution in [0.15, 0.2) is 39.8 Å². The second-order valence-corrected chi connectivity index (χ2v) is 4.85. The third-order valence-corrected chi connectivity index (χ3v) is 2.87. The number of nitrogens with two attached hydrogens (primary N) is 1. The zero-order chi connectivity index (χ0) is 13.0. The van der Waals surface area contributed by atoms with Crippen LogP contribution in [0.1, 0.15) is 12.5 Å². The lowest BCUT2D eigenvalue weighted by Gasteiger charge is -2.04. The highest BCUT2D eigenvalue weighted by atomic mass is 32.2. The molecule has 0 aromatic carbocycles. The minimum Gasteiger partial charge on any atom is -0.328 e. The van der Waals surface area contributed by atoms with E-state index in [-0.39, 0.29) is 11.6 Å². The minimum atomic E-state index is -0.193. The summed E-state index contributed by atoms with van der Waals surface area (Å²) in [4.78, 5) is 26.1. The molecule has 2 heterocycles. The fourth-order valence-electron chi connectivity index (χ4n) is 1.36. The van der Waals surface area contributed by atoms with E-state index in [4.69, 9.17) is 5.73 Å². The lowest BCUT2D eigenvalue weighted by molar-refractivity contribution is 0.727. The first kappa shape index (κ1) is 12.7. The third kappa shape index (κ3) is 3.64. The van der Waals surface area contributed by atoms with Gasteiger partial charge in [0, 0.05) is 30.7 Å². The first-order valence-electron chi connectivity index (χ1n) is 5.43. The van der Waals surface area contributed by atoms with Crippen molar-refractivity contribution >= 4 is 11.8 Å². The lowest BCUT2D eigenvalue weighted by Crippen LogP contribution is -2.18. The van der Waals surface area contributed by atoms with Gasteiger partial charge >= 0.3 is 0 Å². The molecule has 3 N–H and O–H groups in total. The van der Waals surface area contributed by atoms with Gasteiger partial charge in [0.2, 0.25) is 0 Å². The largest absolute Gasteiger partial charge is 0.328 e. The van der Waals surface area contributed by atoms with Crippen molar-refractivity contribution in [1.29, 1.82) is 0 Å². The SMILES string of the molecule is CC(N)Cc1cnc(Sc2nccc(=O)[nH]2)nc1. The summed E-state index contributed by atoms with van der Waals surface area (Å²) in [7, 11) is 0. The molecule has 2 rings (SSSR count). The van der Waals surface area contributed by atoms with E-state index in [2.05, 4.69) is 19.9 Å². The molecule has 0 aliphatic heterocycles. The summed E-state index contributed by atoms with van der Waals surface area (Å²) in [6, 6.07) is 1.44. The monoisotopic (exact) mass is 263 g/mol. The van der Waals surface area contributed by atoms with Gasteiger partial charge in [-0.2, -0.15) is 0 Å². The van der Waals surface area contributed by atoms with Crippen LogP contribution < -0.4 is 11.3 Å². The van der Waals surface area contributed by atoms with Gasteiger partial charge in [-0.1, -0.05) is 0 Å². The second-order valence-electron chi connectivity index (χ2n) is 3.90. The zero-order valence-corrected chi connectivity index (χ0v) is 10.6. The van der Waals surface area contributed by atoms with Gasteiger partial charge in [0.25, 0.3) is 5.56 Å². The van der Waals surface area contributed by atoms with E-state index in [9.17, 15) is 4.79 Å². The van der Waals surface area contributed by atoms with Crippen LogP contribution in [0.3, 0.4) is 0 Å². The third-order valence-electron chi connectivity index (χ3n) is 2.08. The summed E-state index contributed by atoms with van der Waals surface area (Å²) in [5.41, 5.74) is 6.49. The maximum absolute atomic E-state index is 11.1.